The van der Waals surface area contributed by atoms with Gasteiger partial charge in [0.1, 0.15) is 6.54 Å². The molecule has 0 unspecified atom stereocenters. The van der Waals surface area contributed by atoms with Crippen molar-refractivity contribution in [1.82, 2.24) is 9.97 Å². The van der Waals surface area contributed by atoms with Crippen LogP contribution in [0.1, 0.15) is 16.8 Å². The molecule has 1 heterocycles. The van der Waals surface area contributed by atoms with E-state index in [1.807, 2.05) is 0 Å². The first kappa shape index (κ1) is 31.7. The molecule has 0 aliphatic carbocycles. The molecular weight excluding hydrogens is 631 g/mol. The lowest BCUT2D eigenvalue weighted by Gasteiger charge is -2.25. The fourth-order valence-corrected chi connectivity index (χ4v) is 6.35. The lowest BCUT2D eigenvalue weighted by atomic mass is 10.2. The minimum Gasteiger partial charge on any atom is -0.325 e. The van der Waals surface area contributed by atoms with E-state index in [2.05, 4.69) is 20.0 Å². The van der Waals surface area contributed by atoms with E-state index in [0.717, 1.165) is 17.7 Å². The van der Waals surface area contributed by atoms with Gasteiger partial charge in [-0.15, -0.1) is 0 Å². The molecule has 1 aromatic heterocycles. The number of benzene rings is 3. The Morgan fingerprint density at radius 1 is 0.907 bits per heavy atom. The Kier molecular flexibility index (Phi) is 8.99. The van der Waals surface area contributed by atoms with Gasteiger partial charge in [0.25, 0.3) is 20.0 Å². The maximum absolute atomic E-state index is 13.6. The Balaban J connectivity index is 1.60. The van der Waals surface area contributed by atoms with Crippen LogP contribution in [0.5, 0.6) is 0 Å². The van der Waals surface area contributed by atoms with Gasteiger partial charge in [0.15, 0.2) is 0 Å². The van der Waals surface area contributed by atoms with Gasteiger partial charge < -0.3 is 5.32 Å². The largest absolute Gasteiger partial charge is 0.417 e. The number of halogens is 4. The summed E-state index contributed by atoms with van der Waals surface area (Å²) in [4.78, 5) is 20.4. The fraction of sp³-hybridized carbons (Fsp3) is 0.148. The zero-order chi connectivity index (χ0) is 31.6. The van der Waals surface area contributed by atoms with Crippen LogP contribution in [-0.4, -0.2) is 39.3 Å². The van der Waals surface area contributed by atoms with E-state index < -0.39 is 54.9 Å². The fourth-order valence-electron chi connectivity index (χ4n) is 3.76. The third-order valence-corrected chi connectivity index (χ3v) is 9.37. The van der Waals surface area contributed by atoms with Crippen molar-refractivity contribution in [3.63, 3.8) is 0 Å². The predicted octanol–water partition coefficient (Wildman–Crippen LogP) is 5.40. The molecule has 0 fully saturated rings. The molecule has 4 rings (SSSR count). The van der Waals surface area contributed by atoms with E-state index in [0.29, 0.717) is 16.1 Å². The number of aromatic nitrogens is 2. The molecule has 16 heteroatoms. The monoisotopic (exact) mass is 653 g/mol. The Morgan fingerprint density at radius 2 is 1.53 bits per heavy atom. The summed E-state index contributed by atoms with van der Waals surface area (Å²) in [5.41, 5.74) is -0.356. The van der Waals surface area contributed by atoms with Crippen LogP contribution in [0.2, 0.25) is 5.02 Å². The number of hydrogen-bond donors (Lipinski definition) is 2. The maximum Gasteiger partial charge on any atom is 0.417 e. The van der Waals surface area contributed by atoms with Crippen molar-refractivity contribution in [3.8, 4) is 0 Å². The number of amides is 1. The van der Waals surface area contributed by atoms with Crippen LogP contribution in [0, 0.1) is 13.8 Å². The SMILES string of the molecule is Cc1ccc(S(=O)(=O)N(CC(=O)Nc2ccc(S(=O)(=O)Nc3nccc(C)n3)cc2)c2ccc(Cl)c(C(F)(F)F)c2)cc1. The molecule has 0 aliphatic heterocycles. The maximum atomic E-state index is 13.6. The summed E-state index contributed by atoms with van der Waals surface area (Å²) >= 11 is 5.72. The van der Waals surface area contributed by atoms with Crippen molar-refractivity contribution in [3.05, 3.63) is 101 Å². The summed E-state index contributed by atoms with van der Waals surface area (Å²) in [5, 5.41) is 1.79. The molecule has 0 saturated heterocycles. The molecule has 0 radical (unpaired) electrons. The highest BCUT2D eigenvalue weighted by atomic mass is 35.5. The average Bonchev–Trinajstić information content (AvgIpc) is 2.92. The molecular formula is C27H23ClF3N5O5S2. The van der Waals surface area contributed by atoms with Crippen LogP contribution in [0.25, 0.3) is 0 Å². The zero-order valence-electron chi connectivity index (χ0n) is 22.4. The summed E-state index contributed by atoms with van der Waals surface area (Å²) in [7, 11) is -8.61. The van der Waals surface area contributed by atoms with Gasteiger partial charge in [-0.3, -0.25) is 9.10 Å². The summed E-state index contributed by atoms with van der Waals surface area (Å²) in [6, 6.07) is 14.5. The van der Waals surface area contributed by atoms with Crippen LogP contribution in [0.15, 0.2) is 88.8 Å². The van der Waals surface area contributed by atoms with Gasteiger partial charge in [-0.25, -0.2) is 31.5 Å². The zero-order valence-corrected chi connectivity index (χ0v) is 24.8. The molecule has 3 aromatic carbocycles. The topological polar surface area (TPSA) is 138 Å². The van der Waals surface area contributed by atoms with Crippen LogP contribution >= 0.6 is 11.6 Å². The molecule has 1 amide bonds. The van der Waals surface area contributed by atoms with E-state index in [-0.39, 0.29) is 21.4 Å². The average molecular weight is 654 g/mol. The van der Waals surface area contributed by atoms with E-state index in [9.17, 15) is 34.8 Å². The number of alkyl halides is 3. The van der Waals surface area contributed by atoms with Gasteiger partial charge in [0.2, 0.25) is 11.9 Å². The van der Waals surface area contributed by atoms with Crippen molar-refractivity contribution in [2.24, 2.45) is 0 Å². The number of nitrogens with one attached hydrogen (secondary N) is 2. The van der Waals surface area contributed by atoms with Crippen LogP contribution in [-0.2, 0) is 31.0 Å². The van der Waals surface area contributed by atoms with Crippen molar-refractivity contribution < 1.29 is 34.8 Å². The minimum absolute atomic E-state index is 0.0931. The second-order valence-corrected chi connectivity index (χ2v) is 13.1. The van der Waals surface area contributed by atoms with Crippen LogP contribution < -0.4 is 14.3 Å². The summed E-state index contributed by atoms with van der Waals surface area (Å²) in [5.74, 6) is -1.05. The predicted molar refractivity (Wildman–Crippen MR) is 155 cm³/mol. The van der Waals surface area contributed by atoms with Gasteiger partial charge in [0, 0.05) is 17.6 Å². The van der Waals surface area contributed by atoms with E-state index in [4.69, 9.17) is 11.6 Å². The standard InChI is InChI=1S/C27H23ClF3N5O5S2/c1-17-3-8-22(9-4-17)43(40,41)36(20-7-12-24(28)23(15-20)27(29,30)31)16-25(37)34-19-5-10-21(11-6-19)42(38,39)35-26-32-14-13-18(2)33-26/h3-15H,16H2,1-2H3,(H,34,37)(H,32,33,35). The lowest BCUT2D eigenvalue weighted by Crippen LogP contribution is -2.38. The second-order valence-electron chi connectivity index (χ2n) is 9.19. The van der Waals surface area contributed by atoms with Crippen molar-refractivity contribution >= 4 is 54.9 Å². The molecule has 0 bridgehead atoms. The van der Waals surface area contributed by atoms with Gasteiger partial charge >= 0.3 is 6.18 Å². The third kappa shape index (κ3) is 7.60. The molecule has 0 spiro atoms. The molecule has 4 aromatic rings. The highest BCUT2D eigenvalue weighted by Gasteiger charge is 2.35. The second kappa shape index (κ2) is 12.2. The van der Waals surface area contributed by atoms with Crippen molar-refractivity contribution in [1.29, 1.82) is 0 Å². The third-order valence-electron chi connectivity index (χ3n) is 5.91. The summed E-state index contributed by atoms with van der Waals surface area (Å²) in [6.07, 6.45) is -3.51. The van der Waals surface area contributed by atoms with Crippen LogP contribution in [0.3, 0.4) is 0 Å². The first-order valence-electron chi connectivity index (χ1n) is 12.2. The van der Waals surface area contributed by atoms with Crippen LogP contribution in [0.4, 0.5) is 30.5 Å². The number of hydrogen-bond acceptors (Lipinski definition) is 7. The Labute approximate surface area is 250 Å². The number of anilines is 3. The lowest BCUT2D eigenvalue weighted by molar-refractivity contribution is -0.137. The molecule has 10 nitrogen and oxygen atoms in total. The number of aryl methyl sites for hydroxylation is 2. The van der Waals surface area contributed by atoms with Crippen molar-refractivity contribution in [2.75, 3.05) is 20.9 Å². The summed E-state index contributed by atoms with van der Waals surface area (Å²) in [6.45, 7) is 2.47. The normalized spacial score (nSPS) is 12.0. The number of carbonyl (C=O) groups excluding carboxylic acids is 1. The molecule has 2 N–H and O–H groups in total. The van der Waals surface area contributed by atoms with E-state index >= 15 is 0 Å². The number of nitrogens with zero attached hydrogens (tertiary/aromatic N) is 3. The number of rotatable bonds is 9. The molecule has 0 atom stereocenters. The van der Waals surface area contributed by atoms with E-state index in [1.54, 1.807) is 19.9 Å². The van der Waals surface area contributed by atoms with Gasteiger partial charge in [-0.05, 0) is 74.5 Å². The minimum atomic E-state index is -4.89. The highest BCUT2D eigenvalue weighted by molar-refractivity contribution is 7.93. The number of sulfonamides is 2. The summed E-state index contributed by atoms with van der Waals surface area (Å²) < 4.78 is 96.0. The Morgan fingerprint density at radius 3 is 2.14 bits per heavy atom. The molecule has 0 aliphatic rings. The molecule has 226 valence electrons. The van der Waals surface area contributed by atoms with Gasteiger partial charge in [-0.2, -0.15) is 13.2 Å². The Hall–Kier alpha value is -4.21. The Bertz CT molecular complexity index is 1870. The molecule has 0 saturated carbocycles. The quantitative estimate of drug-likeness (QED) is 0.247. The number of carbonyl (C=O) groups is 1. The van der Waals surface area contributed by atoms with Crippen molar-refractivity contribution in [2.45, 2.75) is 29.8 Å². The molecule has 43 heavy (non-hydrogen) atoms. The smallest absolute Gasteiger partial charge is 0.325 e. The first-order valence-corrected chi connectivity index (χ1v) is 15.5. The highest BCUT2D eigenvalue weighted by Crippen LogP contribution is 2.38. The first-order chi connectivity index (χ1) is 20.1. The van der Waals surface area contributed by atoms with Gasteiger partial charge in [0.05, 0.1) is 26.1 Å². The van der Waals surface area contributed by atoms with Gasteiger partial charge in [-0.1, -0.05) is 29.3 Å². The van der Waals surface area contributed by atoms with E-state index in [1.165, 1.54) is 54.7 Å².